The average molecular weight is 246 g/mol. The predicted molar refractivity (Wildman–Crippen MR) is 69.7 cm³/mol. The molecule has 0 aliphatic carbocycles. The summed E-state index contributed by atoms with van der Waals surface area (Å²) in [4.78, 5) is 0.358. The number of aryl methyl sites for hydroxylation is 1. The van der Waals surface area contributed by atoms with Gasteiger partial charge in [-0.05, 0) is 30.2 Å². The largest absolute Gasteiger partial charge is 0.224 e. The van der Waals surface area contributed by atoms with Crippen LogP contribution < -0.4 is 0 Å². The van der Waals surface area contributed by atoms with Crippen LogP contribution in [-0.2, 0) is 9.84 Å². The van der Waals surface area contributed by atoms with E-state index in [1.54, 1.807) is 18.2 Å². The molecule has 2 rings (SSSR count). The van der Waals surface area contributed by atoms with Crippen molar-refractivity contribution in [3.8, 4) is 11.1 Å². The highest BCUT2D eigenvalue weighted by Gasteiger charge is 2.07. The minimum atomic E-state index is -3.14. The Morgan fingerprint density at radius 1 is 0.882 bits per heavy atom. The highest BCUT2D eigenvalue weighted by Crippen LogP contribution is 2.23. The normalized spacial score (nSPS) is 11.4. The van der Waals surface area contributed by atoms with Crippen LogP contribution in [0.4, 0.5) is 0 Å². The van der Waals surface area contributed by atoms with Crippen molar-refractivity contribution in [2.45, 2.75) is 11.8 Å². The fraction of sp³-hybridized carbons (Fsp3) is 0.143. The van der Waals surface area contributed by atoms with Crippen molar-refractivity contribution in [3.05, 3.63) is 54.1 Å². The van der Waals surface area contributed by atoms with Gasteiger partial charge in [-0.25, -0.2) is 8.42 Å². The highest BCUT2D eigenvalue weighted by atomic mass is 32.2. The Hall–Kier alpha value is -1.61. The van der Waals surface area contributed by atoms with Gasteiger partial charge in [-0.3, -0.25) is 0 Å². The molecule has 2 aromatic carbocycles. The summed E-state index contributed by atoms with van der Waals surface area (Å²) in [5.74, 6) is 0. The van der Waals surface area contributed by atoms with Crippen molar-refractivity contribution in [1.82, 2.24) is 0 Å². The molecule has 0 heterocycles. The summed E-state index contributed by atoms with van der Waals surface area (Å²) in [5.41, 5.74) is 3.12. The summed E-state index contributed by atoms with van der Waals surface area (Å²) in [6.45, 7) is 2.02. The van der Waals surface area contributed by atoms with Crippen LogP contribution in [0.15, 0.2) is 53.4 Å². The third kappa shape index (κ3) is 2.74. The molecule has 0 unspecified atom stereocenters. The van der Waals surface area contributed by atoms with Crippen LogP contribution in [0.3, 0.4) is 0 Å². The summed E-state index contributed by atoms with van der Waals surface area (Å²) >= 11 is 0. The molecule has 0 aliphatic heterocycles. The molecule has 2 nitrogen and oxygen atoms in total. The van der Waals surface area contributed by atoms with Crippen LogP contribution in [0.5, 0.6) is 0 Å². The molecular formula is C14H14O2S. The molecule has 0 atom stereocenters. The van der Waals surface area contributed by atoms with Crippen molar-refractivity contribution in [1.29, 1.82) is 0 Å². The number of rotatable bonds is 2. The zero-order chi connectivity index (χ0) is 12.5. The van der Waals surface area contributed by atoms with E-state index in [2.05, 4.69) is 0 Å². The van der Waals surface area contributed by atoms with Crippen molar-refractivity contribution < 1.29 is 8.42 Å². The SMILES string of the molecule is Cc1cccc(-c2cccc(S(C)(=O)=O)c2)c1. The van der Waals surface area contributed by atoms with Gasteiger partial charge in [0.05, 0.1) is 4.90 Å². The number of benzene rings is 2. The van der Waals surface area contributed by atoms with E-state index in [9.17, 15) is 8.42 Å². The van der Waals surface area contributed by atoms with Crippen LogP contribution >= 0.6 is 0 Å². The van der Waals surface area contributed by atoms with E-state index < -0.39 is 9.84 Å². The van der Waals surface area contributed by atoms with E-state index in [0.717, 1.165) is 16.7 Å². The molecule has 0 aromatic heterocycles. The van der Waals surface area contributed by atoms with Crippen LogP contribution in [0.25, 0.3) is 11.1 Å². The van der Waals surface area contributed by atoms with Gasteiger partial charge in [0.25, 0.3) is 0 Å². The predicted octanol–water partition coefficient (Wildman–Crippen LogP) is 3.07. The van der Waals surface area contributed by atoms with Crippen LogP contribution in [-0.4, -0.2) is 14.7 Å². The van der Waals surface area contributed by atoms with Crippen molar-refractivity contribution in [2.24, 2.45) is 0 Å². The van der Waals surface area contributed by atoms with E-state index in [-0.39, 0.29) is 0 Å². The molecule has 0 aliphatic rings. The lowest BCUT2D eigenvalue weighted by molar-refractivity contribution is 0.602. The zero-order valence-electron chi connectivity index (χ0n) is 9.84. The Morgan fingerprint density at radius 3 is 2.06 bits per heavy atom. The Bertz CT molecular complexity index is 643. The average Bonchev–Trinajstić information content (AvgIpc) is 2.28. The third-order valence-electron chi connectivity index (χ3n) is 2.61. The summed E-state index contributed by atoms with van der Waals surface area (Å²) in [5, 5.41) is 0. The number of hydrogen-bond acceptors (Lipinski definition) is 2. The fourth-order valence-corrected chi connectivity index (χ4v) is 2.40. The van der Waals surface area contributed by atoms with Crippen LogP contribution in [0, 0.1) is 6.92 Å². The Labute approximate surface area is 102 Å². The lowest BCUT2D eigenvalue weighted by Gasteiger charge is -2.05. The topological polar surface area (TPSA) is 34.1 Å². The second-order valence-electron chi connectivity index (χ2n) is 4.17. The fourth-order valence-electron chi connectivity index (χ4n) is 1.73. The maximum Gasteiger partial charge on any atom is 0.175 e. The quantitative estimate of drug-likeness (QED) is 0.816. The molecule has 0 radical (unpaired) electrons. The smallest absolute Gasteiger partial charge is 0.175 e. The van der Waals surface area contributed by atoms with E-state index in [1.807, 2.05) is 37.3 Å². The minimum Gasteiger partial charge on any atom is -0.224 e. The monoisotopic (exact) mass is 246 g/mol. The molecule has 0 N–H and O–H groups in total. The van der Waals surface area contributed by atoms with E-state index in [0.29, 0.717) is 4.90 Å². The van der Waals surface area contributed by atoms with Gasteiger partial charge in [-0.2, -0.15) is 0 Å². The Morgan fingerprint density at radius 2 is 1.47 bits per heavy atom. The van der Waals surface area contributed by atoms with Crippen LogP contribution in [0.1, 0.15) is 5.56 Å². The standard InChI is InChI=1S/C14H14O2S/c1-11-5-3-6-12(9-11)13-7-4-8-14(10-13)17(2,15)16/h3-10H,1-2H3. The lowest BCUT2D eigenvalue weighted by Crippen LogP contribution is -1.96. The van der Waals surface area contributed by atoms with Crippen molar-refractivity contribution in [2.75, 3.05) is 6.26 Å². The first-order valence-electron chi connectivity index (χ1n) is 5.34. The molecule has 0 fully saturated rings. The highest BCUT2D eigenvalue weighted by molar-refractivity contribution is 7.90. The summed E-state index contributed by atoms with van der Waals surface area (Å²) in [6.07, 6.45) is 1.22. The molecule has 0 bridgehead atoms. The summed E-state index contributed by atoms with van der Waals surface area (Å²) < 4.78 is 23.0. The molecule has 0 saturated heterocycles. The second-order valence-corrected chi connectivity index (χ2v) is 6.19. The first kappa shape index (κ1) is 11.9. The third-order valence-corrected chi connectivity index (χ3v) is 3.72. The first-order valence-corrected chi connectivity index (χ1v) is 7.23. The Kier molecular flexibility index (Phi) is 3.03. The molecule has 0 saturated carbocycles. The number of hydrogen-bond donors (Lipinski definition) is 0. The molecule has 88 valence electrons. The maximum absolute atomic E-state index is 11.5. The second kappa shape index (κ2) is 4.34. The van der Waals surface area contributed by atoms with Gasteiger partial charge < -0.3 is 0 Å². The van der Waals surface area contributed by atoms with Crippen molar-refractivity contribution in [3.63, 3.8) is 0 Å². The van der Waals surface area contributed by atoms with Gasteiger partial charge in [0.2, 0.25) is 0 Å². The van der Waals surface area contributed by atoms with Gasteiger partial charge in [-0.15, -0.1) is 0 Å². The Balaban J connectivity index is 2.54. The summed E-state index contributed by atoms with van der Waals surface area (Å²) in [7, 11) is -3.14. The van der Waals surface area contributed by atoms with Gasteiger partial charge in [0, 0.05) is 6.26 Å². The molecular weight excluding hydrogens is 232 g/mol. The van der Waals surface area contributed by atoms with Gasteiger partial charge in [0.1, 0.15) is 0 Å². The van der Waals surface area contributed by atoms with Gasteiger partial charge >= 0.3 is 0 Å². The van der Waals surface area contributed by atoms with Gasteiger partial charge in [-0.1, -0.05) is 42.0 Å². The molecule has 0 spiro atoms. The van der Waals surface area contributed by atoms with Crippen LogP contribution in [0.2, 0.25) is 0 Å². The molecule has 3 heteroatoms. The molecule has 17 heavy (non-hydrogen) atoms. The lowest BCUT2D eigenvalue weighted by atomic mass is 10.0. The summed E-state index contributed by atoms with van der Waals surface area (Å²) in [6, 6.07) is 15.0. The zero-order valence-corrected chi connectivity index (χ0v) is 10.7. The van der Waals surface area contributed by atoms with Crippen molar-refractivity contribution >= 4 is 9.84 Å². The molecule has 2 aromatic rings. The minimum absolute atomic E-state index is 0.358. The maximum atomic E-state index is 11.5. The van der Waals surface area contributed by atoms with E-state index >= 15 is 0 Å². The molecule has 0 amide bonds. The first-order chi connectivity index (χ1) is 7.97. The number of sulfone groups is 1. The van der Waals surface area contributed by atoms with E-state index in [1.165, 1.54) is 6.26 Å². The van der Waals surface area contributed by atoms with E-state index in [4.69, 9.17) is 0 Å². The van der Waals surface area contributed by atoms with Gasteiger partial charge in [0.15, 0.2) is 9.84 Å².